The third-order valence-corrected chi connectivity index (χ3v) is 5.41. The first-order valence-electron chi connectivity index (χ1n) is 11.4. The predicted octanol–water partition coefficient (Wildman–Crippen LogP) is 6.50. The van der Waals surface area contributed by atoms with E-state index in [1.54, 1.807) is 42.6 Å². The highest BCUT2D eigenvalue weighted by Gasteiger charge is 2.24. The molecule has 2 aromatic carbocycles. The molecule has 0 spiro atoms. The van der Waals surface area contributed by atoms with Crippen LogP contribution in [0.4, 0.5) is 20.2 Å². The van der Waals surface area contributed by atoms with E-state index in [9.17, 15) is 13.6 Å². The minimum atomic E-state index is -2.96. The molecule has 0 unspecified atom stereocenters. The smallest absolute Gasteiger partial charge is 0.387 e. The van der Waals surface area contributed by atoms with Gasteiger partial charge in [0.2, 0.25) is 0 Å². The second-order valence-electron chi connectivity index (χ2n) is 9.28. The number of carbonyl (C=O) groups is 1. The van der Waals surface area contributed by atoms with Crippen LogP contribution in [0.15, 0.2) is 59.5 Å². The Balaban J connectivity index is 1.66. The van der Waals surface area contributed by atoms with Crippen molar-refractivity contribution in [3.63, 3.8) is 0 Å². The lowest BCUT2D eigenvalue weighted by molar-refractivity contribution is -0.0526. The zero-order valence-corrected chi connectivity index (χ0v) is 19.9. The Kier molecular flexibility index (Phi) is 7.23. The number of hydrogen-bond acceptors (Lipinski definition) is 7. The van der Waals surface area contributed by atoms with Crippen molar-refractivity contribution in [3.8, 4) is 11.5 Å². The average Bonchev–Trinajstić information content (AvgIpc) is 3.27. The lowest BCUT2D eigenvalue weighted by Crippen LogP contribution is -2.25. The quantitative estimate of drug-likeness (QED) is 0.320. The molecular weight excluding hydrogens is 458 g/mol. The van der Waals surface area contributed by atoms with E-state index in [4.69, 9.17) is 13.9 Å². The molecule has 1 aliphatic rings. The average molecular weight is 487 g/mol. The number of rotatable bonds is 9. The van der Waals surface area contributed by atoms with Crippen LogP contribution in [0.3, 0.4) is 0 Å². The molecule has 0 bridgehead atoms. The molecule has 1 fully saturated rings. The highest BCUT2D eigenvalue weighted by molar-refractivity contribution is 5.90. The highest BCUT2D eigenvalue weighted by atomic mass is 19.3. The fourth-order valence-corrected chi connectivity index (χ4v) is 3.54. The largest absolute Gasteiger partial charge is 0.486 e. The van der Waals surface area contributed by atoms with Crippen LogP contribution in [0, 0.1) is 0 Å². The van der Waals surface area contributed by atoms with Crippen LogP contribution >= 0.6 is 0 Å². The maximum atomic E-state index is 13.0. The number of oxazole rings is 1. The van der Waals surface area contributed by atoms with Gasteiger partial charge in [-0.3, -0.25) is 0 Å². The van der Waals surface area contributed by atoms with E-state index in [0.717, 1.165) is 24.9 Å². The molecule has 0 N–H and O–H groups in total. The first-order valence-corrected chi connectivity index (χ1v) is 11.4. The molecule has 1 aromatic heterocycles. The topological polar surface area (TPSA) is 74.0 Å². The normalized spacial score (nSPS) is 13.9. The van der Waals surface area contributed by atoms with Gasteiger partial charge in [0.1, 0.15) is 11.4 Å². The summed E-state index contributed by atoms with van der Waals surface area (Å²) in [4.78, 5) is 18.3. The standard InChI is InChI=1S/C26H28F2N2O5/c1-26(2,3)35-24(31)17-7-9-18(10-8-17)30(15-21-14-29-16-32-21)19-11-12-22(34-25(27)28)23(13-19)33-20-5-4-6-20/h7-14,16,20,25H,4-6,15H2,1-3H3. The van der Waals surface area contributed by atoms with Crippen molar-refractivity contribution in [2.24, 2.45) is 0 Å². The summed E-state index contributed by atoms with van der Waals surface area (Å²) in [6.45, 7) is 2.77. The summed E-state index contributed by atoms with van der Waals surface area (Å²) in [6.07, 6.45) is 5.68. The Morgan fingerprint density at radius 2 is 1.83 bits per heavy atom. The predicted molar refractivity (Wildman–Crippen MR) is 125 cm³/mol. The molecule has 186 valence electrons. The van der Waals surface area contributed by atoms with Gasteiger partial charge in [0.15, 0.2) is 17.9 Å². The van der Waals surface area contributed by atoms with Crippen LogP contribution in [0.25, 0.3) is 0 Å². The van der Waals surface area contributed by atoms with Crippen LogP contribution in [0.1, 0.15) is 56.2 Å². The molecule has 9 heteroatoms. The Morgan fingerprint density at radius 1 is 1.11 bits per heavy atom. The van der Waals surface area contributed by atoms with E-state index < -0.39 is 18.2 Å². The zero-order chi connectivity index (χ0) is 25.0. The molecule has 1 heterocycles. The molecule has 3 aromatic rings. The lowest BCUT2D eigenvalue weighted by Gasteiger charge is -2.29. The third kappa shape index (κ3) is 6.49. The zero-order valence-electron chi connectivity index (χ0n) is 19.9. The fraction of sp³-hybridized carbons (Fsp3) is 0.385. The molecule has 0 amide bonds. The summed E-state index contributed by atoms with van der Waals surface area (Å²) in [5.41, 5.74) is 1.22. The van der Waals surface area contributed by atoms with E-state index in [1.165, 1.54) is 12.5 Å². The number of esters is 1. The molecule has 0 radical (unpaired) electrons. The number of aromatic nitrogens is 1. The third-order valence-electron chi connectivity index (χ3n) is 5.41. The van der Waals surface area contributed by atoms with E-state index in [2.05, 4.69) is 9.72 Å². The Morgan fingerprint density at radius 3 is 2.40 bits per heavy atom. The van der Waals surface area contributed by atoms with E-state index in [1.807, 2.05) is 25.7 Å². The van der Waals surface area contributed by atoms with Crippen molar-refractivity contribution in [2.45, 2.75) is 64.9 Å². The number of hydrogen-bond donors (Lipinski definition) is 0. The second kappa shape index (κ2) is 10.3. The van der Waals surface area contributed by atoms with Gasteiger partial charge in [-0.2, -0.15) is 8.78 Å². The van der Waals surface area contributed by atoms with E-state index in [-0.39, 0.29) is 17.6 Å². The number of anilines is 2. The first kappa shape index (κ1) is 24.5. The summed E-state index contributed by atoms with van der Waals surface area (Å²) in [7, 11) is 0. The van der Waals surface area contributed by atoms with Crippen LogP contribution in [0.2, 0.25) is 0 Å². The minimum absolute atomic E-state index is 0.0180. The van der Waals surface area contributed by atoms with Crippen LogP contribution in [0.5, 0.6) is 11.5 Å². The van der Waals surface area contributed by atoms with Gasteiger partial charge in [-0.25, -0.2) is 9.78 Å². The molecule has 4 rings (SSSR count). The van der Waals surface area contributed by atoms with Gasteiger partial charge in [-0.15, -0.1) is 0 Å². The summed E-state index contributed by atoms with van der Waals surface area (Å²) in [6, 6.07) is 11.7. The molecule has 7 nitrogen and oxygen atoms in total. The Bertz CT molecular complexity index is 1120. The Labute approximate surface area is 202 Å². The number of halogens is 2. The number of alkyl halides is 2. The number of nitrogens with zero attached hydrogens (tertiary/aromatic N) is 2. The SMILES string of the molecule is CC(C)(C)OC(=O)c1ccc(N(Cc2cnco2)c2ccc(OC(F)F)c(OC3CCC3)c2)cc1. The highest BCUT2D eigenvalue weighted by Crippen LogP contribution is 2.39. The maximum Gasteiger partial charge on any atom is 0.387 e. The summed E-state index contributed by atoms with van der Waals surface area (Å²) < 4.78 is 47.5. The van der Waals surface area contributed by atoms with Gasteiger partial charge in [0.05, 0.1) is 24.4 Å². The van der Waals surface area contributed by atoms with E-state index in [0.29, 0.717) is 23.6 Å². The van der Waals surface area contributed by atoms with Crippen molar-refractivity contribution < 1.29 is 32.2 Å². The maximum absolute atomic E-state index is 13.0. The number of ether oxygens (including phenoxy) is 3. The lowest BCUT2D eigenvalue weighted by atomic mass is 9.96. The minimum Gasteiger partial charge on any atom is -0.486 e. The number of carbonyl (C=O) groups excluding carboxylic acids is 1. The summed E-state index contributed by atoms with van der Waals surface area (Å²) in [5, 5.41) is 0. The molecule has 0 atom stereocenters. The van der Waals surface area contributed by atoms with E-state index >= 15 is 0 Å². The molecule has 35 heavy (non-hydrogen) atoms. The van der Waals surface area contributed by atoms with Gasteiger partial charge in [-0.1, -0.05) is 0 Å². The number of benzene rings is 2. The van der Waals surface area contributed by atoms with Crippen LogP contribution in [-0.2, 0) is 11.3 Å². The van der Waals surface area contributed by atoms with Crippen LogP contribution in [-0.4, -0.2) is 29.3 Å². The first-order chi connectivity index (χ1) is 16.7. The molecule has 1 aliphatic carbocycles. The van der Waals surface area contributed by atoms with Crippen molar-refractivity contribution in [3.05, 3.63) is 66.4 Å². The van der Waals surface area contributed by atoms with Gasteiger partial charge in [0, 0.05) is 17.4 Å². The monoisotopic (exact) mass is 486 g/mol. The van der Waals surface area contributed by atoms with Crippen molar-refractivity contribution in [1.29, 1.82) is 0 Å². The summed E-state index contributed by atoms with van der Waals surface area (Å²) in [5.74, 6) is 0.405. The van der Waals surface area contributed by atoms with Gasteiger partial charge < -0.3 is 23.5 Å². The van der Waals surface area contributed by atoms with Crippen molar-refractivity contribution in [1.82, 2.24) is 4.98 Å². The van der Waals surface area contributed by atoms with Crippen LogP contribution < -0.4 is 14.4 Å². The molecule has 0 saturated heterocycles. The summed E-state index contributed by atoms with van der Waals surface area (Å²) >= 11 is 0. The van der Waals surface area contributed by atoms with Crippen molar-refractivity contribution in [2.75, 3.05) is 4.90 Å². The molecular formula is C26H28F2N2O5. The molecule has 1 saturated carbocycles. The molecule has 0 aliphatic heterocycles. The van der Waals surface area contributed by atoms with Gasteiger partial charge in [-0.05, 0) is 76.4 Å². The van der Waals surface area contributed by atoms with Crippen molar-refractivity contribution >= 4 is 17.3 Å². The fourth-order valence-electron chi connectivity index (χ4n) is 3.54. The second-order valence-corrected chi connectivity index (χ2v) is 9.28. The van der Waals surface area contributed by atoms with Gasteiger partial charge >= 0.3 is 12.6 Å². The Hall–Kier alpha value is -3.62. The van der Waals surface area contributed by atoms with Gasteiger partial charge in [0.25, 0.3) is 0 Å².